The van der Waals surface area contributed by atoms with Gasteiger partial charge in [0.15, 0.2) is 0 Å². The second kappa shape index (κ2) is 5.60. The van der Waals surface area contributed by atoms with E-state index in [9.17, 15) is 0 Å². The summed E-state index contributed by atoms with van der Waals surface area (Å²) in [4.78, 5) is 4.67. The molecule has 3 heteroatoms. The number of nitrogens with one attached hydrogen (secondary N) is 2. The molecule has 2 aromatic carbocycles. The van der Waals surface area contributed by atoms with Crippen LogP contribution >= 0.6 is 0 Å². The number of aromatic nitrogens is 1. The van der Waals surface area contributed by atoms with Crippen molar-refractivity contribution in [3.05, 3.63) is 60.3 Å². The van der Waals surface area contributed by atoms with Gasteiger partial charge >= 0.3 is 0 Å². The molecule has 5 rings (SSSR count). The normalized spacial score (nSPS) is 22.5. The molecule has 1 fully saturated rings. The summed E-state index contributed by atoms with van der Waals surface area (Å²) >= 11 is 0. The van der Waals surface area contributed by atoms with Gasteiger partial charge in [0.1, 0.15) is 0 Å². The Hall–Kier alpha value is -2.39. The van der Waals surface area contributed by atoms with Crippen LogP contribution in [-0.4, -0.2) is 24.1 Å². The van der Waals surface area contributed by atoms with Crippen LogP contribution in [0.1, 0.15) is 24.3 Å². The molecule has 24 heavy (non-hydrogen) atoms. The van der Waals surface area contributed by atoms with Crippen LogP contribution in [0.25, 0.3) is 22.0 Å². The maximum Gasteiger partial charge on any atom is 0.0702 e. The predicted octanol–water partition coefficient (Wildman–Crippen LogP) is 4.16. The lowest BCUT2D eigenvalue weighted by atomic mass is 9.86. The number of anilines is 1. The average Bonchev–Trinajstić information content (AvgIpc) is 2.83. The van der Waals surface area contributed by atoms with E-state index in [1.165, 1.54) is 40.6 Å². The van der Waals surface area contributed by atoms with Gasteiger partial charge < -0.3 is 10.6 Å². The third-order valence-corrected chi connectivity index (χ3v) is 5.47. The molecule has 3 heterocycles. The van der Waals surface area contributed by atoms with Crippen LogP contribution in [-0.2, 0) is 0 Å². The van der Waals surface area contributed by atoms with E-state index in [0.29, 0.717) is 12.0 Å². The van der Waals surface area contributed by atoms with E-state index in [2.05, 4.69) is 58.1 Å². The van der Waals surface area contributed by atoms with E-state index in [1.54, 1.807) is 0 Å². The first-order valence-corrected chi connectivity index (χ1v) is 8.85. The number of para-hydroxylation sites is 1. The molecule has 2 aliphatic rings. The predicted molar refractivity (Wildman–Crippen MR) is 99.4 cm³/mol. The third kappa shape index (κ3) is 2.20. The SMILES string of the molecule is c1cc2c(c(-c3cnc4ccccc4c3)c1)[C@@H]1CCNCC[C@@H]1N2. The quantitative estimate of drug-likeness (QED) is 0.708. The minimum atomic E-state index is 0.560. The Bertz CT molecular complexity index is 902. The molecule has 1 aromatic heterocycles. The first-order chi connectivity index (χ1) is 11.9. The van der Waals surface area contributed by atoms with Crippen molar-refractivity contribution in [1.29, 1.82) is 0 Å². The Morgan fingerprint density at radius 2 is 1.88 bits per heavy atom. The maximum atomic E-state index is 4.67. The minimum absolute atomic E-state index is 0.560. The number of pyridine rings is 1. The van der Waals surface area contributed by atoms with Gasteiger partial charge in [-0.2, -0.15) is 0 Å². The monoisotopic (exact) mass is 315 g/mol. The van der Waals surface area contributed by atoms with Crippen LogP contribution in [0.5, 0.6) is 0 Å². The van der Waals surface area contributed by atoms with Crippen LogP contribution in [0.4, 0.5) is 5.69 Å². The second-order valence-corrected chi connectivity index (χ2v) is 6.87. The summed E-state index contributed by atoms with van der Waals surface area (Å²) in [6.07, 6.45) is 4.41. The lowest BCUT2D eigenvalue weighted by Crippen LogP contribution is -2.21. The summed E-state index contributed by atoms with van der Waals surface area (Å²) in [6.45, 7) is 2.21. The zero-order valence-corrected chi connectivity index (χ0v) is 13.6. The fourth-order valence-corrected chi connectivity index (χ4v) is 4.32. The number of hydrogen-bond donors (Lipinski definition) is 2. The number of nitrogens with zero attached hydrogens (tertiary/aromatic N) is 1. The molecule has 3 aromatic rings. The van der Waals surface area contributed by atoms with Crippen molar-refractivity contribution in [2.75, 3.05) is 18.4 Å². The van der Waals surface area contributed by atoms with Crippen LogP contribution < -0.4 is 10.6 Å². The summed E-state index contributed by atoms with van der Waals surface area (Å²) in [5.41, 5.74) is 6.43. The van der Waals surface area contributed by atoms with Crippen molar-refractivity contribution in [3.8, 4) is 11.1 Å². The molecule has 0 spiro atoms. The summed E-state index contributed by atoms with van der Waals surface area (Å²) in [7, 11) is 0. The molecule has 2 atom stereocenters. The van der Waals surface area contributed by atoms with Gasteiger partial charge in [0.05, 0.1) is 5.52 Å². The topological polar surface area (TPSA) is 37.0 Å². The molecule has 0 aliphatic carbocycles. The molecule has 0 bridgehead atoms. The summed E-state index contributed by atoms with van der Waals surface area (Å²) < 4.78 is 0. The van der Waals surface area contributed by atoms with Gasteiger partial charge in [0.25, 0.3) is 0 Å². The van der Waals surface area contributed by atoms with E-state index < -0.39 is 0 Å². The molecule has 0 saturated carbocycles. The smallest absolute Gasteiger partial charge is 0.0702 e. The van der Waals surface area contributed by atoms with Crippen molar-refractivity contribution < 1.29 is 0 Å². The summed E-state index contributed by atoms with van der Waals surface area (Å²) in [5.74, 6) is 0.595. The number of fused-ring (bicyclic) bond motifs is 4. The van der Waals surface area contributed by atoms with Crippen molar-refractivity contribution in [3.63, 3.8) is 0 Å². The van der Waals surface area contributed by atoms with Crippen LogP contribution in [0.3, 0.4) is 0 Å². The molecule has 2 aliphatic heterocycles. The number of rotatable bonds is 1. The standard InChI is InChI=1S/C21H21N3/c1-2-6-18-14(4-1)12-15(13-23-18)16-5-3-7-20-21(16)17-8-10-22-11-9-19(17)24-20/h1-7,12-13,17,19,22,24H,8-11H2/t17-,19+/m1/s1. The highest BCUT2D eigenvalue weighted by atomic mass is 15.0. The van der Waals surface area contributed by atoms with Gasteiger partial charge in [-0.25, -0.2) is 0 Å². The van der Waals surface area contributed by atoms with Crippen molar-refractivity contribution in [2.45, 2.75) is 24.8 Å². The molecule has 0 radical (unpaired) electrons. The fraction of sp³-hybridized carbons (Fsp3) is 0.286. The first-order valence-electron chi connectivity index (χ1n) is 8.85. The average molecular weight is 315 g/mol. The first kappa shape index (κ1) is 14.0. The summed E-state index contributed by atoms with van der Waals surface area (Å²) in [6, 6.07) is 17.8. The van der Waals surface area contributed by atoms with Crippen LogP contribution in [0, 0.1) is 0 Å². The van der Waals surface area contributed by atoms with Crippen LogP contribution in [0.2, 0.25) is 0 Å². The largest absolute Gasteiger partial charge is 0.381 e. The zero-order valence-electron chi connectivity index (χ0n) is 13.6. The van der Waals surface area contributed by atoms with Crippen LogP contribution in [0.15, 0.2) is 54.7 Å². The lowest BCUT2D eigenvalue weighted by Gasteiger charge is -2.18. The molecule has 2 N–H and O–H groups in total. The van der Waals surface area contributed by atoms with E-state index in [4.69, 9.17) is 0 Å². The van der Waals surface area contributed by atoms with Gasteiger partial charge in [-0.05, 0) is 55.3 Å². The zero-order chi connectivity index (χ0) is 15.9. The maximum absolute atomic E-state index is 4.67. The minimum Gasteiger partial charge on any atom is -0.381 e. The fourth-order valence-electron chi connectivity index (χ4n) is 4.32. The third-order valence-electron chi connectivity index (χ3n) is 5.47. The van der Waals surface area contributed by atoms with Crippen molar-refractivity contribution in [1.82, 2.24) is 10.3 Å². The second-order valence-electron chi connectivity index (χ2n) is 6.87. The van der Waals surface area contributed by atoms with E-state index in [0.717, 1.165) is 18.6 Å². The van der Waals surface area contributed by atoms with Crippen molar-refractivity contribution in [2.24, 2.45) is 0 Å². The Morgan fingerprint density at radius 1 is 0.958 bits per heavy atom. The number of benzene rings is 2. The molecule has 0 amide bonds. The highest BCUT2D eigenvalue weighted by Crippen LogP contribution is 2.45. The van der Waals surface area contributed by atoms with E-state index in [-0.39, 0.29) is 0 Å². The van der Waals surface area contributed by atoms with E-state index >= 15 is 0 Å². The van der Waals surface area contributed by atoms with Gasteiger partial charge in [-0.3, -0.25) is 4.98 Å². The Labute approximate surface area is 142 Å². The molecular weight excluding hydrogens is 294 g/mol. The van der Waals surface area contributed by atoms with E-state index in [1.807, 2.05) is 12.3 Å². The molecule has 120 valence electrons. The highest BCUT2D eigenvalue weighted by molar-refractivity contribution is 5.86. The number of hydrogen-bond acceptors (Lipinski definition) is 3. The van der Waals surface area contributed by atoms with Gasteiger partial charge in [-0.15, -0.1) is 0 Å². The van der Waals surface area contributed by atoms with Gasteiger partial charge in [0, 0.05) is 34.8 Å². The molecule has 0 unspecified atom stereocenters. The Balaban J connectivity index is 1.65. The Morgan fingerprint density at radius 3 is 2.88 bits per heavy atom. The van der Waals surface area contributed by atoms with Gasteiger partial charge in [-0.1, -0.05) is 30.3 Å². The Kier molecular flexibility index (Phi) is 3.27. The van der Waals surface area contributed by atoms with Crippen molar-refractivity contribution >= 4 is 16.6 Å². The van der Waals surface area contributed by atoms with Gasteiger partial charge in [0.2, 0.25) is 0 Å². The molecule has 1 saturated heterocycles. The lowest BCUT2D eigenvalue weighted by molar-refractivity contribution is 0.579. The molecular formula is C21H21N3. The summed E-state index contributed by atoms with van der Waals surface area (Å²) in [5, 5.41) is 8.51. The highest BCUT2D eigenvalue weighted by Gasteiger charge is 2.34. The molecule has 3 nitrogen and oxygen atoms in total.